The fraction of sp³-hybridized carbons (Fsp3) is 0.462. The average molecular weight is 378 g/mol. The lowest BCUT2D eigenvalue weighted by molar-refractivity contribution is -0.142. The van der Waals surface area contributed by atoms with E-state index in [-0.39, 0.29) is 17.2 Å². The molecule has 1 saturated heterocycles. The Morgan fingerprint density at radius 3 is 2.76 bits per heavy atom. The largest absolute Gasteiger partial charge is 0.495 e. The maximum absolute atomic E-state index is 12.8. The zero-order valence-electron chi connectivity index (χ0n) is 11.5. The van der Waals surface area contributed by atoms with Gasteiger partial charge in [0.2, 0.25) is 10.0 Å². The summed E-state index contributed by atoms with van der Waals surface area (Å²) in [7, 11) is -2.54. The Kier molecular flexibility index (Phi) is 4.90. The minimum atomic E-state index is -3.92. The molecule has 0 spiro atoms. The summed E-state index contributed by atoms with van der Waals surface area (Å²) in [6.07, 6.45) is 1.68. The Balaban J connectivity index is 2.50. The van der Waals surface area contributed by atoms with Crippen LogP contribution in [0.5, 0.6) is 5.75 Å². The quantitative estimate of drug-likeness (QED) is 0.868. The molecule has 116 valence electrons. The molecule has 0 unspecified atom stereocenters. The Morgan fingerprint density at radius 2 is 2.14 bits per heavy atom. The van der Waals surface area contributed by atoms with Crippen molar-refractivity contribution in [1.82, 2.24) is 4.31 Å². The van der Waals surface area contributed by atoms with E-state index >= 15 is 0 Å². The molecule has 1 heterocycles. The van der Waals surface area contributed by atoms with Gasteiger partial charge in [0.25, 0.3) is 0 Å². The van der Waals surface area contributed by atoms with Crippen LogP contribution in [0.4, 0.5) is 0 Å². The highest BCUT2D eigenvalue weighted by Gasteiger charge is 2.38. The molecule has 0 saturated carbocycles. The summed E-state index contributed by atoms with van der Waals surface area (Å²) in [6, 6.07) is 3.62. The number of carboxylic acids is 1. The second kappa shape index (κ2) is 6.33. The molecule has 6 nitrogen and oxygen atoms in total. The number of rotatable bonds is 4. The zero-order valence-corrected chi connectivity index (χ0v) is 13.9. The summed E-state index contributed by atoms with van der Waals surface area (Å²) in [6.45, 7) is 0.203. The van der Waals surface area contributed by atoms with Crippen molar-refractivity contribution in [3.63, 3.8) is 0 Å². The first-order chi connectivity index (χ1) is 9.87. The van der Waals surface area contributed by atoms with Gasteiger partial charge in [0.05, 0.1) is 7.11 Å². The number of halogens is 1. The number of carbonyl (C=O) groups is 1. The Hall–Kier alpha value is -1.12. The lowest BCUT2D eigenvalue weighted by Crippen LogP contribution is -2.47. The molecule has 0 aromatic heterocycles. The third kappa shape index (κ3) is 3.22. The van der Waals surface area contributed by atoms with Crippen LogP contribution in [0.15, 0.2) is 27.6 Å². The molecule has 1 aromatic rings. The van der Waals surface area contributed by atoms with Gasteiger partial charge >= 0.3 is 5.97 Å². The van der Waals surface area contributed by atoms with Crippen molar-refractivity contribution in [2.75, 3.05) is 13.7 Å². The van der Waals surface area contributed by atoms with Crippen LogP contribution in [0.3, 0.4) is 0 Å². The number of hydrogen-bond acceptors (Lipinski definition) is 4. The van der Waals surface area contributed by atoms with E-state index < -0.39 is 22.0 Å². The molecule has 1 fully saturated rings. The molecule has 1 aromatic carbocycles. The fourth-order valence-electron chi connectivity index (χ4n) is 2.42. The molecule has 0 amide bonds. The van der Waals surface area contributed by atoms with Crippen LogP contribution in [0, 0.1) is 0 Å². The Labute approximate surface area is 131 Å². The van der Waals surface area contributed by atoms with Crippen LogP contribution in [0.1, 0.15) is 19.3 Å². The third-order valence-corrected chi connectivity index (χ3v) is 5.87. The van der Waals surface area contributed by atoms with Gasteiger partial charge in [-0.3, -0.25) is 4.79 Å². The number of aliphatic carboxylic acids is 1. The average Bonchev–Trinajstić information content (AvgIpc) is 2.47. The molecule has 1 N–H and O–H groups in total. The highest BCUT2D eigenvalue weighted by molar-refractivity contribution is 9.10. The van der Waals surface area contributed by atoms with E-state index in [9.17, 15) is 18.3 Å². The SMILES string of the molecule is COc1ccc(Br)cc1S(=O)(=O)N1CCCC[C@H]1C(=O)O. The van der Waals surface area contributed by atoms with Gasteiger partial charge in [0.15, 0.2) is 0 Å². The molecular formula is C13H16BrNO5S. The lowest BCUT2D eigenvalue weighted by Gasteiger charge is -2.32. The first-order valence-electron chi connectivity index (χ1n) is 6.46. The summed E-state index contributed by atoms with van der Waals surface area (Å²) in [5, 5.41) is 9.25. The maximum Gasteiger partial charge on any atom is 0.322 e. The van der Waals surface area contributed by atoms with Gasteiger partial charge in [0, 0.05) is 11.0 Å². The molecule has 1 aliphatic heterocycles. The summed E-state index contributed by atoms with van der Waals surface area (Å²) >= 11 is 3.23. The Morgan fingerprint density at radius 1 is 1.43 bits per heavy atom. The highest BCUT2D eigenvalue weighted by Crippen LogP contribution is 2.32. The molecule has 1 atom stereocenters. The topological polar surface area (TPSA) is 83.9 Å². The van der Waals surface area contributed by atoms with E-state index in [4.69, 9.17) is 4.74 Å². The van der Waals surface area contributed by atoms with Crippen LogP contribution in [-0.4, -0.2) is 43.5 Å². The van der Waals surface area contributed by atoms with E-state index in [0.29, 0.717) is 23.7 Å². The first kappa shape index (κ1) is 16.3. The predicted molar refractivity (Wildman–Crippen MR) is 79.9 cm³/mol. The molecule has 0 radical (unpaired) electrons. The van der Waals surface area contributed by atoms with Gasteiger partial charge in [-0.1, -0.05) is 15.9 Å². The summed E-state index contributed by atoms with van der Waals surface area (Å²) in [5.74, 6) is -0.917. The van der Waals surface area contributed by atoms with Crippen molar-refractivity contribution in [1.29, 1.82) is 0 Å². The predicted octanol–water partition coefficient (Wildman–Crippen LogP) is 2.09. The fourth-order valence-corrected chi connectivity index (χ4v) is 4.76. The van der Waals surface area contributed by atoms with Crippen LogP contribution in [0.2, 0.25) is 0 Å². The summed E-state index contributed by atoms with van der Waals surface area (Å²) in [5.41, 5.74) is 0. The summed E-state index contributed by atoms with van der Waals surface area (Å²) in [4.78, 5) is 11.3. The minimum absolute atomic E-state index is 0.0208. The van der Waals surface area contributed by atoms with Crippen LogP contribution in [-0.2, 0) is 14.8 Å². The molecule has 1 aliphatic rings. The van der Waals surface area contributed by atoms with Gasteiger partial charge < -0.3 is 9.84 Å². The van der Waals surface area contributed by atoms with Gasteiger partial charge in [-0.05, 0) is 37.5 Å². The second-order valence-corrected chi connectivity index (χ2v) is 7.54. The smallest absolute Gasteiger partial charge is 0.322 e. The molecule has 2 rings (SSSR count). The van der Waals surface area contributed by atoms with Crippen LogP contribution in [0.25, 0.3) is 0 Å². The minimum Gasteiger partial charge on any atom is -0.495 e. The number of benzene rings is 1. The first-order valence-corrected chi connectivity index (χ1v) is 8.69. The van der Waals surface area contributed by atoms with Gasteiger partial charge in [0.1, 0.15) is 16.7 Å². The van der Waals surface area contributed by atoms with Gasteiger partial charge in [-0.2, -0.15) is 4.31 Å². The van der Waals surface area contributed by atoms with E-state index in [2.05, 4.69) is 15.9 Å². The highest BCUT2D eigenvalue weighted by atomic mass is 79.9. The molecule has 0 bridgehead atoms. The van der Waals surface area contributed by atoms with E-state index in [1.165, 1.54) is 19.2 Å². The van der Waals surface area contributed by atoms with Crippen molar-refractivity contribution < 1.29 is 23.1 Å². The lowest BCUT2D eigenvalue weighted by atomic mass is 10.1. The second-order valence-electron chi connectivity index (χ2n) is 4.76. The van der Waals surface area contributed by atoms with Crippen LogP contribution >= 0.6 is 15.9 Å². The standard InChI is InChI=1S/C13H16BrNO5S/c1-20-11-6-5-9(14)8-12(11)21(18,19)15-7-3-2-4-10(15)13(16)17/h5-6,8,10H,2-4,7H2,1H3,(H,16,17)/t10-/m0/s1. The monoisotopic (exact) mass is 377 g/mol. The summed E-state index contributed by atoms with van der Waals surface area (Å²) < 4.78 is 32.3. The number of piperidine rings is 1. The van der Waals surface area contributed by atoms with E-state index in [0.717, 1.165) is 4.31 Å². The molecule has 0 aliphatic carbocycles. The van der Waals surface area contributed by atoms with Gasteiger partial charge in [-0.25, -0.2) is 8.42 Å². The number of ether oxygens (including phenoxy) is 1. The van der Waals surface area contributed by atoms with Crippen molar-refractivity contribution in [2.45, 2.75) is 30.2 Å². The number of methoxy groups -OCH3 is 1. The molecule has 21 heavy (non-hydrogen) atoms. The van der Waals surface area contributed by atoms with Crippen molar-refractivity contribution in [2.24, 2.45) is 0 Å². The number of sulfonamides is 1. The molecule has 8 heteroatoms. The van der Waals surface area contributed by atoms with Crippen molar-refractivity contribution in [3.8, 4) is 5.75 Å². The number of hydrogen-bond donors (Lipinski definition) is 1. The Bertz CT molecular complexity index is 646. The zero-order chi connectivity index (χ0) is 15.6. The third-order valence-electron chi connectivity index (χ3n) is 3.45. The van der Waals surface area contributed by atoms with Crippen LogP contribution < -0.4 is 4.74 Å². The molecular weight excluding hydrogens is 362 g/mol. The van der Waals surface area contributed by atoms with E-state index in [1.807, 2.05) is 0 Å². The normalized spacial score (nSPS) is 20.2. The number of carboxylic acid groups (broad SMARTS) is 1. The van der Waals surface area contributed by atoms with Crippen molar-refractivity contribution >= 4 is 31.9 Å². The van der Waals surface area contributed by atoms with Crippen molar-refractivity contribution in [3.05, 3.63) is 22.7 Å². The maximum atomic E-state index is 12.8. The number of nitrogens with zero attached hydrogens (tertiary/aromatic N) is 1. The van der Waals surface area contributed by atoms with E-state index in [1.54, 1.807) is 6.07 Å². The van der Waals surface area contributed by atoms with Gasteiger partial charge in [-0.15, -0.1) is 0 Å².